The van der Waals surface area contributed by atoms with Gasteiger partial charge in [-0.25, -0.2) is 13.6 Å². The SMILES string of the molecule is CCOc1ccc(C(=O)CN2C(=O)N[C@@](C)(c3cc(F)ccc3F)C2=O)cc1. The summed E-state index contributed by atoms with van der Waals surface area (Å²) in [6.07, 6.45) is 0. The molecule has 0 saturated carbocycles. The van der Waals surface area contributed by atoms with Crippen molar-refractivity contribution < 1.29 is 27.9 Å². The van der Waals surface area contributed by atoms with Gasteiger partial charge in [-0.1, -0.05) is 0 Å². The number of carbonyl (C=O) groups is 3. The van der Waals surface area contributed by atoms with Crippen LogP contribution in [0.25, 0.3) is 0 Å². The molecule has 0 bridgehead atoms. The average Bonchev–Trinajstić information content (AvgIpc) is 2.88. The standard InChI is InChI=1S/C20H18F2N2O4/c1-3-28-14-7-4-12(5-8-14)17(25)11-24-18(26)20(2,23-19(24)27)15-10-13(21)6-9-16(15)22/h4-10H,3,11H2,1-2H3,(H,23,27)/t20-/m0/s1. The molecule has 0 unspecified atom stereocenters. The monoisotopic (exact) mass is 388 g/mol. The number of ether oxygens (including phenoxy) is 1. The van der Waals surface area contributed by atoms with E-state index in [9.17, 15) is 23.2 Å². The molecule has 1 fully saturated rings. The lowest BCUT2D eigenvalue weighted by Crippen LogP contribution is -2.42. The maximum atomic E-state index is 14.2. The lowest BCUT2D eigenvalue weighted by molar-refractivity contribution is -0.130. The van der Waals surface area contributed by atoms with Crippen molar-refractivity contribution in [2.75, 3.05) is 13.2 Å². The van der Waals surface area contributed by atoms with Crippen molar-refractivity contribution in [3.63, 3.8) is 0 Å². The van der Waals surface area contributed by atoms with Crippen molar-refractivity contribution in [2.24, 2.45) is 0 Å². The highest BCUT2D eigenvalue weighted by Crippen LogP contribution is 2.31. The highest BCUT2D eigenvalue weighted by Gasteiger charge is 2.50. The minimum atomic E-state index is -1.80. The molecule has 3 amide bonds. The van der Waals surface area contributed by atoms with Gasteiger partial charge < -0.3 is 10.1 Å². The summed E-state index contributed by atoms with van der Waals surface area (Å²) < 4.78 is 33.0. The largest absolute Gasteiger partial charge is 0.494 e. The van der Waals surface area contributed by atoms with Gasteiger partial charge in [-0.05, 0) is 56.3 Å². The van der Waals surface area contributed by atoms with E-state index >= 15 is 0 Å². The Morgan fingerprint density at radius 1 is 1.14 bits per heavy atom. The normalized spacial score (nSPS) is 18.9. The maximum absolute atomic E-state index is 14.2. The van der Waals surface area contributed by atoms with Crippen LogP contribution >= 0.6 is 0 Å². The van der Waals surface area contributed by atoms with Gasteiger partial charge in [0.2, 0.25) is 0 Å². The predicted molar refractivity (Wildman–Crippen MR) is 95.9 cm³/mol. The van der Waals surface area contributed by atoms with E-state index < -0.39 is 41.4 Å². The number of imide groups is 1. The van der Waals surface area contributed by atoms with Crippen molar-refractivity contribution in [1.29, 1.82) is 0 Å². The van der Waals surface area contributed by atoms with Crippen molar-refractivity contribution in [3.8, 4) is 5.75 Å². The Labute approximate surface area is 160 Å². The highest BCUT2D eigenvalue weighted by molar-refractivity contribution is 6.11. The third-order valence-electron chi connectivity index (χ3n) is 4.53. The number of rotatable bonds is 6. The first kappa shape index (κ1) is 19.5. The third-order valence-corrected chi connectivity index (χ3v) is 4.53. The number of urea groups is 1. The van der Waals surface area contributed by atoms with Gasteiger partial charge in [0.1, 0.15) is 22.9 Å². The second-order valence-electron chi connectivity index (χ2n) is 6.45. The van der Waals surface area contributed by atoms with Crippen LogP contribution in [-0.2, 0) is 10.3 Å². The average molecular weight is 388 g/mol. The lowest BCUT2D eigenvalue weighted by atomic mass is 9.91. The summed E-state index contributed by atoms with van der Waals surface area (Å²) in [6, 6.07) is 8.05. The minimum Gasteiger partial charge on any atom is -0.494 e. The number of ketones is 1. The summed E-state index contributed by atoms with van der Waals surface area (Å²) in [5.74, 6) is -2.30. The molecule has 0 radical (unpaired) electrons. The fraction of sp³-hybridized carbons (Fsp3) is 0.250. The quantitative estimate of drug-likeness (QED) is 0.610. The molecule has 1 heterocycles. The van der Waals surface area contributed by atoms with Crippen LogP contribution in [0.2, 0.25) is 0 Å². The lowest BCUT2D eigenvalue weighted by Gasteiger charge is -2.22. The zero-order valence-corrected chi connectivity index (χ0v) is 15.3. The Bertz CT molecular complexity index is 946. The molecular formula is C20H18F2N2O4. The van der Waals surface area contributed by atoms with E-state index in [4.69, 9.17) is 4.74 Å². The number of Topliss-reactive ketones (excluding diaryl/α,β-unsaturated/α-hetero) is 1. The molecule has 3 rings (SSSR count). The zero-order chi connectivity index (χ0) is 20.5. The van der Waals surface area contributed by atoms with Gasteiger partial charge in [0.15, 0.2) is 5.78 Å². The number of nitrogens with zero attached hydrogens (tertiary/aromatic N) is 1. The Morgan fingerprint density at radius 2 is 1.82 bits per heavy atom. The van der Waals surface area contributed by atoms with E-state index in [1.165, 1.54) is 19.1 Å². The number of benzene rings is 2. The Kier molecular flexibility index (Phi) is 5.13. The van der Waals surface area contributed by atoms with E-state index in [1.54, 1.807) is 12.1 Å². The predicted octanol–water partition coefficient (Wildman–Crippen LogP) is 3.01. The molecular weight excluding hydrogens is 370 g/mol. The van der Waals surface area contributed by atoms with Gasteiger partial charge in [0.25, 0.3) is 5.91 Å². The second kappa shape index (κ2) is 7.38. The smallest absolute Gasteiger partial charge is 0.325 e. The molecule has 28 heavy (non-hydrogen) atoms. The van der Waals surface area contributed by atoms with Crippen LogP contribution in [0.3, 0.4) is 0 Å². The van der Waals surface area contributed by atoms with E-state index in [0.717, 1.165) is 18.2 Å². The van der Waals surface area contributed by atoms with Crippen molar-refractivity contribution in [1.82, 2.24) is 10.2 Å². The van der Waals surface area contributed by atoms with Crippen LogP contribution in [0.5, 0.6) is 5.75 Å². The van der Waals surface area contributed by atoms with Crippen LogP contribution in [-0.4, -0.2) is 35.8 Å². The summed E-state index contributed by atoms with van der Waals surface area (Å²) in [7, 11) is 0. The molecule has 8 heteroatoms. The third kappa shape index (κ3) is 3.45. The molecule has 0 aromatic heterocycles. The molecule has 0 aliphatic carbocycles. The molecule has 1 aliphatic rings. The summed E-state index contributed by atoms with van der Waals surface area (Å²) in [5, 5.41) is 2.36. The fourth-order valence-electron chi connectivity index (χ4n) is 3.04. The maximum Gasteiger partial charge on any atom is 0.325 e. The number of hydrogen-bond acceptors (Lipinski definition) is 4. The van der Waals surface area contributed by atoms with E-state index in [-0.39, 0.29) is 11.1 Å². The Morgan fingerprint density at radius 3 is 2.46 bits per heavy atom. The molecule has 1 atom stereocenters. The molecule has 146 valence electrons. The van der Waals surface area contributed by atoms with Crippen LogP contribution < -0.4 is 10.1 Å². The summed E-state index contributed by atoms with van der Waals surface area (Å²) in [6.45, 7) is 3.05. The molecule has 0 spiro atoms. The summed E-state index contributed by atoms with van der Waals surface area (Å²) in [5.41, 5.74) is -1.82. The topological polar surface area (TPSA) is 75.7 Å². The number of carbonyl (C=O) groups excluding carboxylic acids is 3. The zero-order valence-electron chi connectivity index (χ0n) is 15.3. The van der Waals surface area contributed by atoms with Gasteiger partial charge in [-0.3, -0.25) is 14.5 Å². The summed E-state index contributed by atoms with van der Waals surface area (Å²) in [4.78, 5) is 38.2. The molecule has 2 aromatic rings. The molecule has 6 nitrogen and oxygen atoms in total. The van der Waals surface area contributed by atoms with Gasteiger partial charge in [-0.2, -0.15) is 0 Å². The fourth-order valence-corrected chi connectivity index (χ4v) is 3.04. The first-order chi connectivity index (χ1) is 13.3. The van der Waals surface area contributed by atoms with E-state index in [2.05, 4.69) is 5.32 Å². The van der Waals surface area contributed by atoms with Crippen LogP contribution in [0.15, 0.2) is 42.5 Å². The van der Waals surface area contributed by atoms with Crippen LogP contribution in [0, 0.1) is 11.6 Å². The van der Waals surface area contributed by atoms with Crippen molar-refractivity contribution >= 4 is 17.7 Å². The number of amides is 3. The first-order valence-electron chi connectivity index (χ1n) is 8.62. The number of nitrogens with one attached hydrogen (secondary N) is 1. The molecule has 1 aliphatic heterocycles. The molecule has 2 aromatic carbocycles. The van der Waals surface area contributed by atoms with Gasteiger partial charge in [-0.15, -0.1) is 0 Å². The van der Waals surface area contributed by atoms with Crippen LogP contribution in [0.1, 0.15) is 29.8 Å². The van der Waals surface area contributed by atoms with E-state index in [1.807, 2.05) is 6.92 Å². The molecule has 1 saturated heterocycles. The summed E-state index contributed by atoms with van der Waals surface area (Å²) >= 11 is 0. The van der Waals surface area contributed by atoms with Crippen molar-refractivity contribution in [2.45, 2.75) is 19.4 Å². The first-order valence-corrected chi connectivity index (χ1v) is 8.62. The van der Waals surface area contributed by atoms with Gasteiger partial charge in [0.05, 0.1) is 13.2 Å². The van der Waals surface area contributed by atoms with Gasteiger partial charge >= 0.3 is 6.03 Å². The van der Waals surface area contributed by atoms with Crippen molar-refractivity contribution in [3.05, 3.63) is 65.2 Å². The Balaban J connectivity index is 1.82. The second-order valence-corrected chi connectivity index (χ2v) is 6.45. The number of hydrogen-bond donors (Lipinski definition) is 1. The van der Waals surface area contributed by atoms with E-state index in [0.29, 0.717) is 17.3 Å². The number of halogens is 2. The molecule has 1 N–H and O–H groups in total. The highest BCUT2D eigenvalue weighted by atomic mass is 19.1. The minimum absolute atomic E-state index is 0.287. The van der Waals surface area contributed by atoms with Gasteiger partial charge in [0, 0.05) is 11.1 Å². The Hall–Kier alpha value is -3.29. The van der Waals surface area contributed by atoms with Crippen LogP contribution in [0.4, 0.5) is 13.6 Å².